The average molecular weight is 251 g/mol. The zero-order valence-corrected chi connectivity index (χ0v) is 11.5. The van der Waals surface area contributed by atoms with Crippen molar-refractivity contribution < 1.29 is 0 Å². The van der Waals surface area contributed by atoms with Crippen molar-refractivity contribution in [3.63, 3.8) is 0 Å². The Hall–Kier alpha value is -1.60. The van der Waals surface area contributed by atoms with Gasteiger partial charge < -0.3 is 5.32 Å². The summed E-state index contributed by atoms with van der Waals surface area (Å²) in [5.74, 6) is 0. The van der Waals surface area contributed by atoms with Gasteiger partial charge in [-0.15, -0.1) is 0 Å². The summed E-state index contributed by atoms with van der Waals surface area (Å²) in [5, 5.41) is 3.45. The topological polar surface area (TPSA) is 12.0 Å². The standard InChI is InChI=1S/C18H21N/c1-19-18-9-5-8-16-11-10-15(13-17(16)18)12-14-6-3-2-4-7-14/h2-4,6-7,10-11,13,18-19H,5,8-9,12H2,1H3. The third kappa shape index (κ3) is 2.71. The maximum atomic E-state index is 3.45. The summed E-state index contributed by atoms with van der Waals surface area (Å²) in [7, 11) is 2.07. The zero-order chi connectivity index (χ0) is 13.1. The molecule has 3 rings (SSSR count). The summed E-state index contributed by atoms with van der Waals surface area (Å²) < 4.78 is 0. The van der Waals surface area contributed by atoms with Crippen LogP contribution in [0.1, 0.15) is 41.1 Å². The number of hydrogen-bond donors (Lipinski definition) is 1. The molecular formula is C18H21N. The van der Waals surface area contributed by atoms with Crippen molar-refractivity contribution in [1.82, 2.24) is 5.32 Å². The van der Waals surface area contributed by atoms with E-state index in [4.69, 9.17) is 0 Å². The van der Waals surface area contributed by atoms with Crippen molar-refractivity contribution in [3.8, 4) is 0 Å². The summed E-state index contributed by atoms with van der Waals surface area (Å²) in [6, 6.07) is 18.3. The minimum absolute atomic E-state index is 0.541. The molecule has 1 aliphatic carbocycles. The molecule has 0 fully saturated rings. The first-order chi connectivity index (χ1) is 9.36. The Morgan fingerprint density at radius 2 is 1.89 bits per heavy atom. The zero-order valence-electron chi connectivity index (χ0n) is 11.5. The monoisotopic (exact) mass is 251 g/mol. The van der Waals surface area contributed by atoms with Crippen LogP contribution < -0.4 is 5.32 Å². The second-order valence-corrected chi connectivity index (χ2v) is 5.43. The van der Waals surface area contributed by atoms with Crippen LogP contribution in [0.2, 0.25) is 0 Å². The van der Waals surface area contributed by atoms with Crippen LogP contribution in [0, 0.1) is 0 Å². The Morgan fingerprint density at radius 1 is 1.05 bits per heavy atom. The average Bonchev–Trinajstić information content (AvgIpc) is 2.47. The Balaban J connectivity index is 1.88. The normalized spacial score (nSPS) is 18.1. The first-order valence-corrected chi connectivity index (χ1v) is 7.19. The lowest BCUT2D eigenvalue weighted by Gasteiger charge is -2.25. The SMILES string of the molecule is CNC1CCCc2ccc(Cc3ccccc3)cc21. The van der Waals surface area contributed by atoms with Gasteiger partial charge in [0.05, 0.1) is 0 Å². The maximum Gasteiger partial charge on any atom is 0.0320 e. The van der Waals surface area contributed by atoms with Gasteiger partial charge in [-0.25, -0.2) is 0 Å². The Kier molecular flexibility index (Phi) is 3.65. The van der Waals surface area contributed by atoms with Gasteiger partial charge in [-0.05, 0) is 55.0 Å². The Labute approximate surface area is 115 Å². The highest BCUT2D eigenvalue weighted by molar-refractivity contribution is 5.38. The fourth-order valence-corrected chi connectivity index (χ4v) is 3.09. The molecule has 0 aromatic heterocycles. The molecule has 1 atom stereocenters. The van der Waals surface area contributed by atoms with Crippen LogP contribution in [0.25, 0.3) is 0 Å². The highest BCUT2D eigenvalue weighted by Gasteiger charge is 2.18. The van der Waals surface area contributed by atoms with Crippen LogP contribution in [0.15, 0.2) is 48.5 Å². The van der Waals surface area contributed by atoms with Crippen molar-refractivity contribution in [2.24, 2.45) is 0 Å². The molecule has 1 unspecified atom stereocenters. The summed E-state index contributed by atoms with van der Waals surface area (Å²) in [6.45, 7) is 0. The van der Waals surface area contributed by atoms with E-state index in [2.05, 4.69) is 60.9 Å². The van der Waals surface area contributed by atoms with Gasteiger partial charge in [-0.3, -0.25) is 0 Å². The van der Waals surface area contributed by atoms with Gasteiger partial charge in [0.1, 0.15) is 0 Å². The highest BCUT2D eigenvalue weighted by Crippen LogP contribution is 2.30. The van der Waals surface area contributed by atoms with Crippen LogP contribution in [0.3, 0.4) is 0 Å². The summed E-state index contributed by atoms with van der Waals surface area (Å²) in [5.41, 5.74) is 5.86. The molecule has 1 heteroatoms. The molecule has 0 bridgehead atoms. The van der Waals surface area contributed by atoms with Crippen molar-refractivity contribution in [3.05, 3.63) is 70.8 Å². The molecule has 0 saturated heterocycles. The number of fused-ring (bicyclic) bond motifs is 1. The molecule has 19 heavy (non-hydrogen) atoms. The second kappa shape index (κ2) is 5.58. The lowest BCUT2D eigenvalue weighted by atomic mass is 9.86. The first kappa shape index (κ1) is 12.4. The minimum atomic E-state index is 0.541. The first-order valence-electron chi connectivity index (χ1n) is 7.19. The van der Waals surface area contributed by atoms with E-state index in [1.165, 1.54) is 41.5 Å². The molecule has 1 aliphatic rings. The highest BCUT2D eigenvalue weighted by atomic mass is 14.9. The van der Waals surface area contributed by atoms with Crippen molar-refractivity contribution in [1.29, 1.82) is 0 Å². The fourth-order valence-electron chi connectivity index (χ4n) is 3.09. The van der Waals surface area contributed by atoms with Gasteiger partial charge in [0.15, 0.2) is 0 Å². The van der Waals surface area contributed by atoms with Crippen molar-refractivity contribution >= 4 is 0 Å². The summed E-state index contributed by atoms with van der Waals surface area (Å²) >= 11 is 0. The molecule has 0 aliphatic heterocycles. The van der Waals surface area contributed by atoms with E-state index in [1.807, 2.05) is 0 Å². The van der Waals surface area contributed by atoms with Crippen LogP contribution in [-0.2, 0) is 12.8 Å². The fraction of sp³-hybridized carbons (Fsp3) is 0.333. The van der Waals surface area contributed by atoms with Crippen molar-refractivity contribution in [2.45, 2.75) is 31.7 Å². The molecule has 1 nitrogen and oxygen atoms in total. The van der Waals surface area contributed by atoms with Gasteiger partial charge in [-0.2, -0.15) is 0 Å². The number of benzene rings is 2. The van der Waals surface area contributed by atoms with Gasteiger partial charge in [0.25, 0.3) is 0 Å². The van der Waals surface area contributed by atoms with Gasteiger partial charge in [0.2, 0.25) is 0 Å². The molecule has 0 spiro atoms. The summed E-state index contributed by atoms with van der Waals surface area (Å²) in [4.78, 5) is 0. The molecule has 1 N–H and O–H groups in total. The summed E-state index contributed by atoms with van der Waals surface area (Å²) in [6.07, 6.45) is 4.83. The van der Waals surface area contributed by atoms with Crippen LogP contribution >= 0.6 is 0 Å². The lowest BCUT2D eigenvalue weighted by molar-refractivity contribution is 0.496. The van der Waals surface area contributed by atoms with E-state index in [1.54, 1.807) is 0 Å². The third-order valence-electron chi connectivity index (χ3n) is 4.12. The third-order valence-corrected chi connectivity index (χ3v) is 4.12. The molecule has 2 aromatic rings. The van der Waals surface area contributed by atoms with Gasteiger partial charge in [0, 0.05) is 6.04 Å². The minimum Gasteiger partial charge on any atom is -0.313 e. The number of nitrogens with one attached hydrogen (secondary N) is 1. The molecule has 0 amide bonds. The van der Waals surface area contributed by atoms with E-state index in [0.717, 1.165) is 6.42 Å². The van der Waals surface area contributed by atoms with Gasteiger partial charge >= 0.3 is 0 Å². The predicted octanol–water partition coefficient (Wildman–Crippen LogP) is 3.87. The van der Waals surface area contributed by atoms with E-state index < -0.39 is 0 Å². The number of rotatable bonds is 3. The van der Waals surface area contributed by atoms with Crippen LogP contribution in [0.5, 0.6) is 0 Å². The van der Waals surface area contributed by atoms with E-state index in [0.29, 0.717) is 6.04 Å². The number of aryl methyl sites for hydroxylation is 1. The second-order valence-electron chi connectivity index (χ2n) is 5.43. The predicted molar refractivity (Wildman–Crippen MR) is 80.4 cm³/mol. The molecule has 2 aromatic carbocycles. The van der Waals surface area contributed by atoms with E-state index in [9.17, 15) is 0 Å². The largest absolute Gasteiger partial charge is 0.313 e. The van der Waals surface area contributed by atoms with Crippen LogP contribution in [0.4, 0.5) is 0 Å². The lowest BCUT2D eigenvalue weighted by Crippen LogP contribution is -2.21. The molecule has 0 radical (unpaired) electrons. The Morgan fingerprint density at radius 3 is 2.68 bits per heavy atom. The van der Waals surface area contributed by atoms with Crippen LogP contribution in [-0.4, -0.2) is 7.05 Å². The smallest absolute Gasteiger partial charge is 0.0320 e. The molecular weight excluding hydrogens is 230 g/mol. The molecule has 0 saturated carbocycles. The van der Waals surface area contributed by atoms with Gasteiger partial charge in [-0.1, -0.05) is 48.5 Å². The molecule has 98 valence electrons. The molecule has 0 heterocycles. The maximum absolute atomic E-state index is 3.45. The Bertz CT molecular complexity index is 545. The number of hydrogen-bond acceptors (Lipinski definition) is 1. The van der Waals surface area contributed by atoms with E-state index >= 15 is 0 Å². The quantitative estimate of drug-likeness (QED) is 0.873. The van der Waals surface area contributed by atoms with Crippen molar-refractivity contribution in [2.75, 3.05) is 7.05 Å². The van der Waals surface area contributed by atoms with E-state index in [-0.39, 0.29) is 0 Å².